The van der Waals surface area contributed by atoms with Gasteiger partial charge in [0.25, 0.3) is 5.91 Å². The molecule has 3 rings (SSSR count). The van der Waals surface area contributed by atoms with Crippen molar-refractivity contribution in [3.05, 3.63) is 59.9 Å². The minimum absolute atomic E-state index is 0.138. The van der Waals surface area contributed by atoms with Gasteiger partial charge in [0, 0.05) is 18.0 Å². The maximum Gasteiger partial charge on any atom is 0.275 e. The van der Waals surface area contributed by atoms with Gasteiger partial charge >= 0.3 is 0 Å². The van der Waals surface area contributed by atoms with Crippen molar-refractivity contribution in [2.45, 2.75) is 6.92 Å². The van der Waals surface area contributed by atoms with Gasteiger partial charge in [-0.05, 0) is 31.2 Å². The highest BCUT2D eigenvalue weighted by molar-refractivity contribution is 6.02. The maximum absolute atomic E-state index is 13.2. The van der Waals surface area contributed by atoms with Gasteiger partial charge in [0.15, 0.2) is 5.82 Å². The number of carbonyl (C=O) groups excluding carboxylic acids is 1. The molecule has 0 saturated carbocycles. The molecule has 0 fully saturated rings. The Labute approximate surface area is 130 Å². The smallest absolute Gasteiger partial charge is 0.275 e. The zero-order chi connectivity index (χ0) is 16.2. The predicted molar refractivity (Wildman–Crippen MR) is 80.9 cm³/mol. The summed E-state index contributed by atoms with van der Waals surface area (Å²) in [5.41, 5.74) is 0.620. The molecule has 1 amide bonds. The maximum atomic E-state index is 13.2. The van der Waals surface area contributed by atoms with E-state index in [-0.39, 0.29) is 17.5 Å². The lowest BCUT2D eigenvalue weighted by atomic mass is 10.3. The molecule has 116 valence electrons. The summed E-state index contributed by atoms with van der Waals surface area (Å²) in [5, 5.41) is 9.06. The molecular formula is C15H12FN5O2. The fraction of sp³-hybridized carbons (Fsp3) is 0.0667. The Bertz CT molecular complexity index is 849. The van der Waals surface area contributed by atoms with Crippen molar-refractivity contribution in [1.29, 1.82) is 0 Å². The molecule has 3 aromatic rings. The standard InChI is InChI=1S/C15H12FN5O2/c1-9-7-13(21-23-9)20-14(22)12-5-6-17-15(19-12)18-11-4-2-3-10(16)8-11/h2-8H,1H3,(H,17,18,19)(H,20,21,22). The third kappa shape index (κ3) is 3.67. The molecule has 8 heteroatoms. The minimum Gasteiger partial charge on any atom is -0.360 e. The summed E-state index contributed by atoms with van der Waals surface area (Å²) < 4.78 is 18.0. The Morgan fingerprint density at radius 3 is 2.87 bits per heavy atom. The van der Waals surface area contributed by atoms with Crippen molar-refractivity contribution in [3.63, 3.8) is 0 Å². The predicted octanol–water partition coefficient (Wildman–Crippen LogP) is 2.91. The number of hydrogen-bond acceptors (Lipinski definition) is 6. The van der Waals surface area contributed by atoms with Crippen molar-refractivity contribution in [2.75, 3.05) is 10.6 Å². The van der Waals surface area contributed by atoms with Crippen LogP contribution >= 0.6 is 0 Å². The molecule has 0 aliphatic heterocycles. The Morgan fingerprint density at radius 2 is 2.13 bits per heavy atom. The van der Waals surface area contributed by atoms with Crippen molar-refractivity contribution in [2.24, 2.45) is 0 Å². The number of nitrogens with one attached hydrogen (secondary N) is 2. The number of hydrogen-bond donors (Lipinski definition) is 2. The summed E-state index contributed by atoms with van der Waals surface area (Å²) in [6, 6.07) is 8.90. The number of halogens is 1. The summed E-state index contributed by atoms with van der Waals surface area (Å²) >= 11 is 0. The lowest BCUT2D eigenvalue weighted by Crippen LogP contribution is -2.15. The molecule has 0 aliphatic rings. The molecule has 0 unspecified atom stereocenters. The quantitative estimate of drug-likeness (QED) is 0.769. The first-order valence-electron chi connectivity index (χ1n) is 6.70. The Hall–Kier alpha value is -3.29. The number of aromatic nitrogens is 3. The van der Waals surface area contributed by atoms with E-state index in [1.807, 2.05) is 0 Å². The number of benzene rings is 1. The summed E-state index contributed by atoms with van der Waals surface area (Å²) in [5.74, 6) is 0.218. The van der Waals surface area contributed by atoms with Crippen LogP contribution in [0.15, 0.2) is 47.1 Å². The fourth-order valence-electron chi connectivity index (χ4n) is 1.85. The van der Waals surface area contributed by atoms with Gasteiger partial charge in [0.05, 0.1) is 0 Å². The molecule has 7 nitrogen and oxygen atoms in total. The van der Waals surface area contributed by atoms with Gasteiger partial charge in [-0.25, -0.2) is 14.4 Å². The SMILES string of the molecule is Cc1cc(NC(=O)c2ccnc(Nc3cccc(F)c3)n2)no1. The number of rotatable bonds is 4. The summed E-state index contributed by atoms with van der Waals surface area (Å²) in [7, 11) is 0. The van der Waals surface area contributed by atoms with E-state index in [9.17, 15) is 9.18 Å². The lowest BCUT2D eigenvalue weighted by molar-refractivity contribution is 0.102. The molecule has 0 radical (unpaired) electrons. The van der Waals surface area contributed by atoms with Crippen LogP contribution in [0.1, 0.15) is 16.2 Å². The van der Waals surface area contributed by atoms with E-state index in [0.717, 1.165) is 0 Å². The van der Waals surface area contributed by atoms with Gasteiger partial charge < -0.3 is 15.2 Å². The average molecular weight is 313 g/mol. The Kier molecular flexibility index (Phi) is 3.96. The van der Waals surface area contributed by atoms with E-state index in [1.54, 1.807) is 25.1 Å². The highest BCUT2D eigenvalue weighted by atomic mass is 19.1. The number of amides is 1. The third-order valence-corrected chi connectivity index (χ3v) is 2.84. The number of nitrogens with zero attached hydrogens (tertiary/aromatic N) is 3. The number of carbonyl (C=O) groups is 1. The van der Waals surface area contributed by atoms with Crippen molar-refractivity contribution >= 4 is 23.4 Å². The second kappa shape index (κ2) is 6.22. The second-order valence-corrected chi connectivity index (χ2v) is 4.68. The van der Waals surface area contributed by atoms with E-state index in [0.29, 0.717) is 17.3 Å². The summed E-state index contributed by atoms with van der Waals surface area (Å²) in [4.78, 5) is 20.2. The van der Waals surface area contributed by atoms with Crippen LogP contribution in [-0.2, 0) is 0 Å². The molecule has 1 aromatic carbocycles. The van der Waals surface area contributed by atoms with Crippen molar-refractivity contribution < 1.29 is 13.7 Å². The zero-order valence-corrected chi connectivity index (χ0v) is 12.1. The first-order valence-corrected chi connectivity index (χ1v) is 6.70. The summed E-state index contributed by atoms with van der Waals surface area (Å²) in [6.07, 6.45) is 1.43. The van der Waals surface area contributed by atoms with Gasteiger partial charge in [-0.15, -0.1) is 0 Å². The van der Waals surface area contributed by atoms with E-state index < -0.39 is 5.91 Å². The highest BCUT2D eigenvalue weighted by Crippen LogP contribution is 2.14. The van der Waals surface area contributed by atoms with Gasteiger partial charge in [0.2, 0.25) is 5.95 Å². The number of aryl methyl sites for hydroxylation is 1. The molecule has 0 aliphatic carbocycles. The second-order valence-electron chi connectivity index (χ2n) is 4.68. The summed E-state index contributed by atoms with van der Waals surface area (Å²) in [6.45, 7) is 1.72. The van der Waals surface area contributed by atoms with Gasteiger partial charge in [0.1, 0.15) is 17.3 Å². The highest BCUT2D eigenvalue weighted by Gasteiger charge is 2.11. The van der Waals surface area contributed by atoms with Crippen molar-refractivity contribution in [3.8, 4) is 0 Å². The van der Waals surface area contributed by atoms with Crippen LogP contribution < -0.4 is 10.6 Å². The van der Waals surface area contributed by atoms with Crippen LogP contribution in [0, 0.1) is 12.7 Å². The van der Waals surface area contributed by atoms with Gasteiger partial charge in [-0.3, -0.25) is 4.79 Å². The van der Waals surface area contributed by atoms with Crippen molar-refractivity contribution in [1.82, 2.24) is 15.1 Å². The molecule has 2 N–H and O–H groups in total. The van der Waals surface area contributed by atoms with Gasteiger partial charge in [-0.2, -0.15) is 0 Å². The molecule has 0 saturated heterocycles. The van der Waals surface area contributed by atoms with Crippen LogP contribution in [0.3, 0.4) is 0 Å². The molecular weight excluding hydrogens is 301 g/mol. The first kappa shape index (κ1) is 14.6. The van der Waals surface area contributed by atoms with E-state index >= 15 is 0 Å². The lowest BCUT2D eigenvalue weighted by Gasteiger charge is -2.06. The van der Waals surface area contributed by atoms with E-state index in [2.05, 4.69) is 25.8 Å². The van der Waals surface area contributed by atoms with Crippen LogP contribution in [0.25, 0.3) is 0 Å². The van der Waals surface area contributed by atoms with E-state index in [1.165, 1.54) is 24.4 Å². The minimum atomic E-state index is -0.456. The zero-order valence-electron chi connectivity index (χ0n) is 12.1. The first-order chi connectivity index (χ1) is 11.1. The normalized spacial score (nSPS) is 10.3. The molecule has 2 aromatic heterocycles. The van der Waals surface area contributed by atoms with Crippen LogP contribution in [-0.4, -0.2) is 21.0 Å². The van der Waals surface area contributed by atoms with Crippen LogP contribution in [0.4, 0.5) is 21.8 Å². The molecule has 0 bridgehead atoms. The number of anilines is 3. The van der Waals surface area contributed by atoms with E-state index in [4.69, 9.17) is 4.52 Å². The van der Waals surface area contributed by atoms with Crippen LogP contribution in [0.2, 0.25) is 0 Å². The molecule has 0 spiro atoms. The molecule has 0 atom stereocenters. The molecule has 23 heavy (non-hydrogen) atoms. The van der Waals surface area contributed by atoms with Gasteiger partial charge in [-0.1, -0.05) is 11.2 Å². The largest absolute Gasteiger partial charge is 0.360 e. The average Bonchev–Trinajstić information content (AvgIpc) is 2.92. The topological polar surface area (TPSA) is 92.9 Å². The van der Waals surface area contributed by atoms with Crippen LogP contribution in [0.5, 0.6) is 0 Å². The monoisotopic (exact) mass is 313 g/mol. The fourth-order valence-corrected chi connectivity index (χ4v) is 1.85. The molecule has 2 heterocycles. The third-order valence-electron chi connectivity index (χ3n) is 2.84. The Balaban J connectivity index is 1.75. The Morgan fingerprint density at radius 1 is 1.26 bits per heavy atom.